The van der Waals surface area contributed by atoms with Gasteiger partial charge in [-0.1, -0.05) is 6.07 Å². The highest BCUT2D eigenvalue weighted by Crippen LogP contribution is 2.31. The number of amides is 1. The van der Waals surface area contributed by atoms with E-state index in [2.05, 4.69) is 10.3 Å². The standard InChI is InChI=1S/C20H24N2O4/c1-12-7-13(2)22-20(25-4)17(12)10-21-19(23)15-8-14-5-6-16(24-3)9-18(14)26-11-15/h5-7,9,15H,8,10-11H2,1-4H3,(H,21,23)/t15-/m1/s1. The summed E-state index contributed by atoms with van der Waals surface area (Å²) in [6.07, 6.45) is 0.646. The minimum absolute atomic E-state index is 0.0338. The maximum atomic E-state index is 12.6. The molecule has 0 spiro atoms. The normalized spacial score (nSPS) is 15.6. The Morgan fingerprint density at radius 1 is 1.27 bits per heavy atom. The van der Waals surface area contributed by atoms with E-state index in [9.17, 15) is 4.79 Å². The van der Waals surface area contributed by atoms with E-state index in [0.717, 1.165) is 33.9 Å². The van der Waals surface area contributed by atoms with Crippen LogP contribution < -0.4 is 19.5 Å². The number of carbonyl (C=O) groups excluding carboxylic acids is 1. The SMILES string of the molecule is COc1ccc2c(c1)OC[C@H](C(=O)NCc1c(C)cc(C)nc1OC)C2. The number of benzene rings is 1. The molecule has 6 heteroatoms. The van der Waals surface area contributed by atoms with Crippen LogP contribution in [-0.4, -0.2) is 31.7 Å². The van der Waals surface area contributed by atoms with Crippen LogP contribution in [0.1, 0.15) is 22.4 Å². The van der Waals surface area contributed by atoms with Gasteiger partial charge in [0.1, 0.15) is 18.1 Å². The van der Waals surface area contributed by atoms with E-state index in [1.807, 2.05) is 38.1 Å². The molecule has 1 atom stereocenters. The van der Waals surface area contributed by atoms with E-state index in [-0.39, 0.29) is 11.8 Å². The van der Waals surface area contributed by atoms with E-state index in [0.29, 0.717) is 25.5 Å². The highest BCUT2D eigenvalue weighted by atomic mass is 16.5. The molecule has 138 valence electrons. The number of hydrogen-bond acceptors (Lipinski definition) is 5. The molecule has 1 aliphatic rings. The Morgan fingerprint density at radius 2 is 2.08 bits per heavy atom. The topological polar surface area (TPSA) is 69.7 Å². The molecule has 3 rings (SSSR count). The number of ether oxygens (including phenoxy) is 3. The third-order valence-electron chi connectivity index (χ3n) is 4.62. The number of fused-ring (bicyclic) bond motifs is 1. The third kappa shape index (κ3) is 3.74. The minimum Gasteiger partial charge on any atom is -0.497 e. The summed E-state index contributed by atoms with van der Waals surface area (Å²) < 4.78 is 16.3. The highest BCUT2D eigenvalue weighted by Gasteiger charge is 2.26. The van der Waals surface area contributed by atoms with Crippen LogP contribution in [-0.2, 0) is 17.8 Å². The van der Waals surface area contributed by atoms with Crippen molar-refractivity contribution in [1.29, 1.82) is 0 Å². The zero-order chi connectivity index (χ0) is 18.7. The van der Waals surface area contributed by atoms with Crippen LogP contribution >= 0.6 is 0 Å². The van der Waals surface area contributed by atoms with E-state index in [1.54, 1.807) is 14.2 Å². The molecule has 0 saturated heterocycles. The number of hydrogen-bond donors (Lipinski definition) is 1. The molecule has 1 amide bonds. The predicted octanol–water partition coefficient (Wildman–Crippen LogP) is 2.58. The molecule has 1 aromatic heterocycles. The number of aryl methyl sites for hydroxylation is 2. The van der Waals surface area contributed by atoms with Crippen molar-refractivity contribution in [2.45, 2.75) is 26.8 Å². The van der Waals surface area contributed by atoms with Crippen molar-refractivity contribution in [2.24, 2.45) is 5.92 Å². The Hall–Kier alpha value is -2.76. The zero-order valence-electron chi connectivity index (χ0n) is 15.6. The van der Waals surface area contributed by atoms with Gasteiger partial charge >= 0.3 is 0 Å². The lowest BCUT2D eigenvalue weighted by Gasteiger charge is -2.25. The fourth-order valence-corrected chi connectivity index (χ4v) is 3.18. The molecule has 0 saturated carbocycles. The summed E-state index contributed by atoms with van der Waals surface area (Å²) in [6, 6.07) is 7.67. The van der Waals surface area contributed by atoms with E-state index < -0.39 is 0 Å². The maximum Gasteiger partial charge on any atom is 0.227 e. The van der Waals surface area contributed by atoms with Crippen LogP contribution in [0.25, 0.3) is 0 Å². The largest absolute Gasteiger partial charge is 0.497 e. The molecule has 2 heterocycles. The first-order chi connectivity index (χ1) is 12.5. The molecular formula is C20H24N2O4. The van der Waals surface area contributed by atoms with Crippen LogP contribution in [0.2, 0.25) is 0 Å². The summed E-state index contributed by atoms with van der Waals surface area (Å²) in [5.41, 5.74) is 3.85. The molecule has 2 aromatic rings. The second kappa shape index (κ2) is 7.64. The van der Waals surface area contributed by atoms with Gasteiger partial charge in [0.2, 0.25) is 11.8 Å². The van der Waals surface area contributed by atoms with Crippen LogP contribution in [0.15, 0.2) is 24.3 Å². The smallest absolute Gasteiger partial charge is 0.227 e. The number of rotatable bonds is 5. The van der Waals surface area contributed by atoms with Gasteiger partial charge in [-0.25, -0.2) is 4.98 Å². The second-order valence-electron chi connectivity index (χ2n) is 6.47. The summed E-state index contributed by atoms with van der Waals surface area (Å²) in [4.78, 5) is 17.0. The molecular weight excluding hydrogens is 332 g/mol. The molecule has 0 radical (unpaired) electrons. The first-order valence-electron chi connectivity index (χ1n) is 8.60. The van der Waals surface area contributed by atoms with Crippen molar-refractivity contribution in [3.8, 4) is 17.4 Å². The Kier molecular flexibility index (Phi) is 5.30. The number of nitrogens with one attached hydrogen (secondary N) is 1. The first kappa shape index (κ1) is 18.0. The van der Waals surface area contributed by atoms with Gasteiger partial charge < -0.3 is 19.5 Å². The van der Waals surface area contributed by atoms with Gasteiger partial charge in [0.15, 0.2) is 0 Å². The average molecular weight is 356 g/mol. The van der Waals surface area contributed by atoms with Gasteiger partial charge in [-0.15, -0.1) is 0 Å². The third-order valence-corrected chi connectivity index (χ3v) is 4.62. The van der Waals surface area contributed by atoms with E-state index in [1.165, 1.54) is 0 Å². The molecule has 26 heavy (non-hydrogen) atoms. The highest BCUT2D eigenvalue weighted by molar-refractivity contribution is 5.79. The van der Waals surface area contributed by atoms with E-state index >= 15 is 0 Å². The second-order valence-corrected chi connectivity index (χ2v) is 6.47. The van der Waals surface area contributed by atoms with Gasteiger partial charge in [-0.05, 0) is 43.5 Å². The molecule has 0 aliphatic carbocycles. The Labute approximate surface area is 153 Å². The molecule has 0 bridgehead atoms. The number of carbonyl (C=O) groups is 1. The minimum atomic E-state index is -0.222. The van der Waals surface area contributed by atoms with Crippen molar-refractivity contribution >= 4 is 5.91 Å². The van der Waals surface area contributed by atoms with Crippen LogP contribution in [0.3, 0.4) is 0 Å². The van der Waals surface area contributed by atoms with Crippen molar-refractivity contribution in [3.63, 3.8) is 0 Å². The molecule has 1 aromatic carbocycles. The lowest BCUT2D eigenvalue weighted by Crippen LogP contribution is -2.37. The van der Waals surface area contributed by atoms with Gasteiger partial charge in [-0.3, -0.25) is 4.79 Å². The first-order valence-corrected chi connectivity index (χ1v) is 8.60. The lowest BCUT2D eigenvalue weighted by atomic mass is 9.95. The quantitative estimate of drug-likeness (QED) is 0.892. The summed E-state index contributed by atoms with van der Waals surface area (Å²) in [7, 11) is 3.21. The average Bonchev–Trinajstić information content (AvgIpc) is 2.65. The van der Waals surface area contributed by atoms with Crippen LogP contribution in [0.5, 0.6) is 17.4 Å². The summed E-state index contributed by atoms with van der Waals surface area (Å²) in [5, 5.41) is 2.99. The fraction of sp³-hybridized carbons (Fsp3) is 0.400. The summed E-state index contributed by atoms with van der Waals surface area (Å²) in [5.74, 6) is 1.84. The van der Waals surface area contributed by atoms with Crippen molar-refractivity contribution in [2.75, 3.05) is 20.8 Å². The Morgan fingerprint density at radius 3 is 2.81 bits per heavy atom. The Bertz CT molecular complexity index is 820. The number of methoxy groups -OCH3 is 2. The molecule has 0 unspecified atom stereocenters. The number of pyridine rings is 1. The van der Waals surface area contributed by atoms with Gasteiger partial charge in [0.05, 0.1) is 20.1 Å². The zero-order valence-corrected chi connectivity index (χ0v) is 15.6. The lowest BCUT2D eigenvalue weighted by molar-refractivity contribution is -0.126. The summed E-state index contributed by atoms with van der Waals surface area (Å²) >= 11 is 0. The molecule has 6 nitrogen and oxygen atoms in total. The number of aromatic nitrogens is 1. The van der Waals surface area contributed by atoms with Crippen LogP contribution in [0, 0.1) is 19.8 Å². The van der Waals surface area contributed by atoms with Gasteiger partial charge in [0, 0.05) is 23.9 Å². The summed E-state index contributed by atoms with van der Waals surface area (Å²) in [6.45, 7) is 4.65. The fourth-order valence-electron chi connectivity index (χ4n) is 3.18. The monoisotopic (exact) mass is 356 g/mol. The van der Waals surface area contributed by atoms with Crippen molar-refractivity contribution < 1.29 is 19.0 Å². The molecule has 0 fully saturated rings. The van der Waals surface area contributed by atoms with Crippen LogP contribution in [0.4, 0.5) is 0 Å². The number of nitrogens with zero attached hydrogens (tertiary/aromatic N) is 1. The maximum absolute atomic E-state index is 12.6. The Balaban J connectivity index is 1.66. The van der Waals surface area contributed by atoms with Gasteiger partial charge in [-0.2, -0.15) is 0 Å². The van der Waals surface area contributed by atoms with Crippen molar-refractivity contribution in [3.05, 3.63) is 46.6 Å². The molecule has 1 aliphatic heterocycles. The molecule has 1 N–H and O–H groups in total. The van der Waals surface area contributed by atoms with E-state index in [4.69, 9.17) is 14.2 Å². The van der Waals surface area contributed by atoms with Crippen molar-refractivity contribution in [1.82, 2.24) is 10.3 Å². The van der Waals surface area contributed by atoms with Gasteiger partial charge in [0.25, 0.3) is 0 Å². The predicted molar refractivity (Wildman–Crippen MR) is 97.8 cm³/mol.